The van der Waals surface area contributed by atoms with Crippen molar-refractivity contribution in [3.05, 3.63) is 18.1 Å². The number of fused-ring (bicyclic) bond motifs is 1. The standard InChI is InChI=1S/C19H24FN5O4/c1-5-10-6-25(16-12(10)15(22)23-8-24-16)18-19(4,20)14(26)11(29-18)7-28-17(27)13(21)9(2)3/h1,6,8-9,11,13-14,18,26H,7,21H2,2-4H3,(H2,22,23,24)/t11-,13?,14-,18-,19?/m1/s1. The molecule has 3 heterocycles. The number of nitrogen functional groups attached to an aromatic ring is 1. The van der Waals surface area contributed by atoms with Gasteiger partial charge in [0.25, 0.3) is 0 Å². The maximum atomic E-state index is 15.5. The number of nitrogens with two attached hydrogens (primary N) is 2. The van der Waals surface area contributed by atoms with Crippen LogP contribution >= 0.6 is 0 Å². The lowest BCUT2D eigenvalue weighted by atomic mass is 9.98. The third-order valence-corrected chi connectivity index (χ3v) is 5.14. The van der Waals surface area contributed by atoms with Gasteiger partial charge in [-0.05, 0) is 12.8 Å². The second-order valence-corrected chi connectivity index (χ2v) is 7.57. The Labute approximate surface area is 167 Å². The number of aromatic nitrogens is 3. The summed E-state index contributed by atoms with van der Waals surface area (Å²) >= 11 is 0. The average Bonchev–Trinajstić information content (AvgIpc) is 3.15. The van der Waals surface area contributed by atoms with Gasteiger partial charge in [0.05, 0.1) is 10.9 Å². The number of alkyl halides is 1. The number of carbonyl (C=O) groups excluding carboxylic acids is 1. The Balaban J connectivity index is 1.89. The molecule has 156 valence electrons. The maximum absolute atomic E-state index is 15.5. The second kappa shape index (κ2) is 7.59. The molecule has 0 spiro atoms. The van der Waals surface area contributed by atoms with E-state index in [1.54, 1.807) is 13.8 Å². The molecule has 5 atom stereocenters. The van der Waals surface area contributed by atoms with Crippen LogP contribution in [0.5, 0.6) is 0 Å². The summed E-state index contributed by atoms with van der Waals surface area (Å²) in [5.41, 5.74) is 10.0. The van der Waals surface area contributed by atoms with E-state index in [0.717, 1.165) is 0 Å². The van der Waals surface area contributed by atoms with Gasteiger partial charge in [0.1, 0.15) is 42.6 Å². The zero-order valence-electron chi connectivity index (χ0n) is 16.4. The van der Waals surface area contributed by atoms with E-state index in [1.165, 1.54) is 24.0 Å². The fourth-order valence-electron chi connectivity index (χ4n) is 3.28. The summed E-state index contributed by atoms with van der Waals surface area (Å²) in [4.78, 5) is 20.0. The lowest BCUT2D eigenvalue weighted by Crippen LogP contribution is -2.42. The van der Waals surface area contributed by atoms with Crippen LogP contribution in [0.4, 0.5) is 10.2 Å². The zero-order chi connectivity index (χ0) is 21.5. The minimum atomic E-state index is -2.23. The highest BCUT2D eigenvalue weighted by atomic mass is 19.1. The van der Waals surface area contributed by atoms with E-state index in [4.69, 9.17) is 27.4 Å². The number of carbonyl (C=O) groups is 1. The van der Waals surface area contributed by atoms with Gasteiger partial charge in [0.15, 0.2) is 11.9 Å². The van der Waals surface area contributed by atoms with Crippen LogP contribution in [0.2, 0.25) is 0 Å². The van der Waals surface area contributed by atoms with Crippen molar-refractivity contribution in [1.29, 1.82) is 0 Å². The van der Waals surface area contributed by atoms with E-state index in [2.05, 4.69) is 15.9 Å². The minimum absolute atomic E-state index is 0.130. The first-order valence-electron chi connectivity index (χ1n) is 9.11. The van der Waals surface area contributed by atoms with Crippen molar-refractivity contribution in [2.75, 3.05) is 12.3 Å². The summed E-state index contributed by atoms with van der Waals surface area (Å²) in [6.45, 7) is 4.38. The largest absolute Gasteiger partial charge is 0.462 e. The van der Waals surface area contributed by atoms with Gasteiger partial charge < -0.3 is 30.6 Å². The number of aliphatic hydroxyl groups excluding tert-OH is 1. The highest BCUT2D eigenvalue weighted by Gasteiger charge is 2.55. The number of ether oxygens (including phenoxy) is 2. The number of esters is 1. The lowest BCUT2D eigenvalue weighted by Gasteiger charge is -2.25. The fourth-order valence-corrected chi connectivity index (χ4v) is 3.28. The number of hydrogen-bond donors (Lipinski definition) is 3. The zero-order valence-corrected chi connectivity index (χ0v) is 16.4. The molecule has 2 unspecified atom stereocenters. The molecule has 10 heteroatoms. The van der Waals surface area contributed by atoms with Crippen LogP contribution in [-0.2, 0) is 14.3 Å². The van der Waals surface area contributed by atoms with Crippen LogP contribution in [-0.4, -0.2) is 56.1 Å². The van der Waals surface area contributed by atoms with Crippen molar-refractivity contribution >= 4 is 22.8 Å². The van der Waals surface area contributed by atoms with Crippen molar-refractivity contribution in [2.24, 2.45) is 11.7 Å². The SMILES string of the molecule is C#Cc1cn([C@@H]2O[C@H](COC(=O)C(N)C(C)C)[C@@H](O)C2(C)F)c2ncnc(N)c12. The average molecular weight is 405 g/mol. The van der Waals surface area contributed by atoms with Crippen molar-refractivity contribution < 1.29 is 23.8 Å². The normalized spacial score (nSPS) is 27.9. The molecule has 1 saturated heterocycles. The number of nitrogens with zero attached hydrogens (tertiary/aromatic N) is 3. The Hall–Kier alpha value is -2.74. The Morgan fingerprint density at radius 3 is 2.86 bits per heavy atom. The molecule has 0 aromatic carbocycles. The smallest absolute Gasteiger partial charge is 0.323 e. The molecule has 2 aromatic rings. The molecule has 0 aliphatic carbocycles. The predicted octanol–water partition coefficient (Wildman–Crippen LogP) is 0.508. The van der Waals surface area contributed by atoms with E-state index >= 15 is 4.39 Å². The number of rotatable bonds is 5. The van der Waals surface area contributed by atoms with Crippen LogP contribution in [0.3, 0.4) is 0 Å². The number of terminal acetylenes is 1. The van der Waals surface area contributed by atoms with Gasteiger partial charge in [-0.15, -0.1) is 6.42 Å². The number of aliphatic hydroxyl groups is 1. The molecule has 0 radical (unpaired) electrons. The molecule has 0 bridgehead atoms. The number of halogens is 1. The van der Waals surface area contributed by atoms with Crippen LogP contribution in [0, 0.1) is 18.3 Å². The number of hydrogen-bond acceptors (Lipinski definition) is 8. The monoisotopic (exact) mass is 405 g/mol. The van der Waals surface area contributed by atoms with Crippen LogP contribution in [0.15, 0.2) is 12.5 Å². The third-order valence-electron chi connectivity index (χ3n) is 5.14. The summed E-state index contributed by atoms with van der Waals surface area (Å²) in [5.74, 6) is 1.83. The molecule has 9 nitrogen and oxygen atoms in total. The van der Waals surface area contributed by atoms with Gasteiger partial charge in [-0.25, -0.2) is 14.4 Å². The molecule has 1 fully saturated rings. The van der Waals surface area contributed by atoms with E-state index < -0.39 is 36.1 Å². The van der Waals surface area contributed by atoms with E-state index in [9.17, 15) is 9.90 Å². The van der Waals surface area contributed by atoms with E-state index in [0.29, 0.717) is 10.9 Å². The van der Waals surface area contributed by atoms with Crippen LogP contribution < -0.4 is 11.5 Å². The molecule has 0 amide bonds. The van der Waals surface area contributed by atoms with Gasteiger partial charge >= 0.3 is 5.97 Å². The predicted molar refractivity (Wildman–Crippen MR) is 103 cm³/mol. The quantitative estimate of drug-likeness (QED) is 0.483. The fraction of sp³-hybridized carbons (Fsp3) is 0.526. The molecule has 29 heavy (non-hydrogen) atoms. The van der Waals surface area contributed by atoms with Crippen LogP contribution in [0.1, 0.15) is 32.6 Å². The molecular formula is C19H24FN5O4. The first-order valence-corrected chi connectivity index (χ1v) is 9.11. The van der Waals surface area contributed by atoms with Gasteiger partial charge in [0, 0.05) is 6.20 Å². The molecule has 3 rings (SSSR count). The van der Waals surface area contributed by atoms with Gasteiger partial charge in [-0.1, -0.05) is 19.8 Å². The molecular weight excluding hydrogens is 381 g/mol. The van der Waals surface area contributed by atoms with Crippen molar-refractivity contribution in [1.82, 2.24) is 14.5 Å². The van der Waals surface area contributed by atoms with Gasteiger partial charge in [-0.2, -0.15) is 0 Å². The first-order chi connectivity index (χ1) is 13.6. The van der Waals surface area contributed by atoms with Crippen molar-refractivity contribution in [3.63, 3.8) is 0 Å². The number of anilines is 1. The topological polar surface area (TPSA) is 139 Å². The summed E-state index contributed by atoms with van der Waals surface area (Å²) in [6, 6.07) is -0.827. The maximum Gasteiger partial charge on any atom is 0.323 e. The summed E-state index contributed by atoms with van der Waals surface area (Å²) in [5, 5.41) is 10.9. The highest BCUT2D eigenvalue weighted by molar-refractivity contribution is 5.92. The van der Waals surface area contributed by atoms with Gasteiger partial charge in [0.2, 0.25) is 0 Å². The summed E-state index contributed by atoms with van der Waals surface area (Å²) in [6.07, 6.45) is 4.26. The van der Waals surface area contributed by atoms with Crippen molar-refractivity contribution in [3.8, 4) is 12.3 Å². The first kappa shape index (κ1) is 21.0. The Morgan fingerprint density at radius 2 is 2.24 bits per heavy atom. The van der Waals surface area contributed by atoms with E-state index in [-0.39, 0.29) is 24.0 Å². The second-order valence-electron chi connectivity index (χ2n) is 7.57. The highest BCUT2D eigenvalue weighted by Crippen LogP contribution is 2.43. The van der Waals surface area contributed by atoms with Crippen molar-refractivity contribution in [2.45, 2.75) is 50.9 Å². The lowest BCUT2D eigenvalue weighted by molar-refractivity contribution is -0.152. The summed E-state index contributed by atoms with van der Waals surface area (Å²) in [7, 11) is 0. The molecule has 5 N–H and O–H groups in total. The molecule has 1 aliphatic rings. The summed E-state index contributed by atoms with van der Waals surface area (Å²) < 4.78 is 27.7. The molecule has 2 aromatic heterocycles. The molecule has 0 saturated carbocycles. The Bertz CT molecular complexity index is 967. The van der Waals surface area contributed by atoms with Gasteiger partial charge in [-0.3, -0.25) is 4.79 Å². The Kier molecular flexibility index (Phi) is 5.49. The third kappa shape index (κ3) is 3.53. The molecule has 1 aliphatic heterocycles. The minimum Gasteiger partial charge on any atom is -0.462 e. The van der Waals surface area contributed by atoms with E-state index in [1.807, 2.05) is 0 Å². The Morgan fingerprint density at radius 1 is 1.55 bits per heavy atom. The van der Waals surface area contributed by atoms with Crippen LogP contribution in [0.25, 0.3) is 11.0 Å².